The number of aryl methyl sites for hydroxylation is 1. The highest BCUT2D eigenvalue weighted by Gasteiger charge is 2.50. The molecule has 0 spiro atoms. The Kier molecular flexibility index (Phi) is 2.54. The van der Waals surface area contributed by atoms with Crippen molar-refractivity contribution >= 4 is 9.84 Å². The van der Waals surface area contributed by atoms with Crippen LogP contribution in [0.5, 0.6) is 0 Å². The van der Waals surface area contributed by atoms with Crippen LogP contribution in [-0.2, 0) is 9.84 Å². The summed E-state index contributed by atoms with van der Waals surface area (Å²) in [5, 5.41) is -0.0843. The van der Waals surface area contributed by atoms with Crippen molar-refractivity contribution in [2.24, 2.45) is 11.8 Å². The standard InChI is InChI=1S/C14H18O2S/c1-10-5-7-13(8-6-10)17(15,16)14-11-3-2-4-12(14)9-11/h5-8,11-12,14H,2-4,9H2,1H3. The van der Waals surface area contributed by atoms with Crippen LogP contribution in [0, 0.1) is 18.8 Å². The summed E-state index contributed by atoms with van der Waals surface area (Å²) in [7, 11) is -3.08. The van der Waals surface area contributed by atoms with E-state index in [1.54, 1.807) is 12.1 Å². The van der Waals surface area contributed by atoms with E-state index in [1.807, 2.05) is 19.1 Å². The lowest BCUT2D eigenvalue weighted by Gasteiger charge is -2.48. The second-order valence-corrected chi connectivity index (χ2v) is 7.62. The van der Waals surface area contributed by atoms with Crippen LogP contribution in [0.4, 0.5) is 0 Å². The summed E-state index contributed by atoms with van der Waals surface area (Å²) in [5.74, 6) is 0.861. The van der Waals surface area contributed by atoms with E-state index in [2.05, 4.69) is 0 Å². The van der Waals surface area contributed by atoms with E-state index >= 15 is 0 Å². The minimum Gasteiger partial charge on any atom is -0.223 e. The fourth-order valence-electron chi connectivity index (χ4n) is 3.44. The van der Waals surface area contributed by atoms with Crippen LogP contribution in [0.3, 0.4) is 0 Å². The molecule has 92 valence electrons. The maximum atomic E-state index is 12.5. The number of hydrogen-bond acceptors (Lipinski definition) is 2. The Bertz CT molecular complexity index is 502. The molecule has 0 aromatic heterocycles. The Morgan fingerprint density at radius 1 is 1.06 bits per heavy atom. The maximum Gasteiger partial charge on any atom is 0.181 e. The molecule has 2 fully saturated rings. The molecule has 2 saturated carbocycles. The smallest absolute Gasteiger partial charge is 0.181 e. The molecular formula is C14H18O2S. The fraction of sp³-hybridized carbons (Fsp3) is 0.571. The molecule has 0 amide bonds. The number of fused-ring (bicyclic) bond motifs is 2. The third kappa shape index (κ3) is 1.71. The molecule has 17 heavy (non-hydrogen) atoms. The first-order valence-corrected chi connectivity index (χ1v) is 7.94. The van der Waals surface area contributed by atoms with E-state index in [4.69, 9.17) is 0 Å². The van der Waals surface area contributed by atoms with E-state index in [-0.39, 0.29) is 5.25 Å². The van der Waals surface area contributed by atoms with Gasteiger partial charge in [0.05, 0.1) is 10.1 Å². The van der Waals surface area contributed by atoms with Gasteiger partial charge in [-0.2, -0.15) is 0 Å². The van der Waals surface area contributed by atoms with Crippen LogP contribution in [0.1, 0.15) is 31.2 Å². The topological polar surface area (TPSA) is 34.1 Å². The van der Waals surface area contributed by atoms with E-state index in [0.29, 0.717) is 16.7 Å². The molecule has 0 N–H and O–H groups in total. The Labute approximate surface area is 103 Å². The molecule has 0 radical (unpaired) electrons. The molecule has 3 heteroatoms. The first-order chi connectivity index (χ1) is 8.09. The summed E-state index contributed by atoms with van der Waals surface area (Å²) in [6, 6.07) is 7.31. The van der Waals surface area contributed by atoms with E-state index < -0.39 is 9.84 Å². The highest BCUT2D eigenvalue weighted by molar-refractivity contribution is 7.92. The highest BCUT2D eigenvalue weighted by atomic mass is 32.2. The van der Waals surface area contributed by atoms with Crippen molar-refractivity contribution in [2.45, 2.75) is 42.8 Å². The molecule has 1 aromatic carbocycles. The molecule has 2 aliphatic rings. The molecular weight excluding hydrogens is 232 g/mol. The fourth-order valence-corrected chi connectivity index (χ4v) is 5.78. The van der Waals surface area contributed by atoms with Gasteiger partial charge in [-0.15, -0.1) is 0 Å². The second-order valence-electron chi connectivity index (χ2n) is 5.51. The Morgan fingerprint density at radius 3 is 2.18 bits per heavy atom. The van der Waals surface area contributed by atoms with Crippen molar-refractivity contribution in [3.05, 3.63) is 29.8 Å². The van der Waals surface area contributed by atoms with Gasteiger partial charge in [0.15, 0.2) is 9.84 Å². The molecule has 2 atom stereocenters. The molecule has 1 aromatic rings. The monoisotopic (exact) mass is 250 g/mol. The summed E-state index contributed by atoms with van der Waals surface area (Å²) >= 11 is 0. The predicted octanol–water partition coefficient (Wildman–Crippen LogP) is 2.96. The van der Waals surface area contributed by atoms with Crippen LogP contribution in [0.2, 0.25) is 0 Å². The van der Waals surface area contributed by atoms with Gasteiger partial charge in [0, 0.05) is 0 Å². The third-order valence-electron chi connectivity index (χ3n) is 4.39. The molecule has 0 saturated heterocycles. The summed E-state index contributed by atoms with van der Waals surface area (Å²) in [5.41, 5.74) is 1.11. The van der Waals surface area contributed by atoms with Crippen molar-refractivity contribution in [3.8, 4) is 0 Å². The Hall–Kier alpha value is -0.830. The predicted molar refractivity (Wildman–Crippen MR) is 67.6 cm³/mol. The lowest BCUT2D eigenvalue weighted by atomic mass is 9.65. The third-order valence-corrected chi connectivity index (χ3v) is 6.81. The van der Waals surface area contributed by atoms with Gasteiger partial charge in [-0.25, -0.2) is 8.42 Å². The lowest BCUT2D eigenvalue weighted by Crippen LogP contribution is -2.50. The summed E-state index contributed by atoms with van der Waals surface area (Å²) in [6.45, 7) is 1.98. The largest absolute Gasteiger partial charge is 0.223 e. The zero-order valence-electron chi connectivity index (χ0n) is 10.1. The minimum atomic E-state index is -3.08. The van der Waals surface area contributed by atoms with Gasteiger partial charge in [-0.05, 0) is 50.2 Å². The highest BCUT2D eigenvalue weighted by Crippen LogP contribution is 2.50. The summed E-state index contributed by atoms with van der Waals surface area (Å²) in [4.78, 5) is 0.518. The van der Waals surface area contributed by atoms with Crippen molar-refractivity contribution in [1.82, 2.24) is 0 Å². The minimum absolute atomic E-state index is 0.0843. The zero-order chi connectivity index (χ0) is 12.0. The number of hydrogen-bond donors (Lipinski definition) is 0. The second kappa shape index (κ2) is 3.84. The van der Waals surface area contributed by atoms with Crippen LogP contribution in [0.15, 0.2) is 29.2 Å². The SMILES string of the molecule is Cc1ccc(S(=O)(=O)C2C3CCCC2C3)cc1. The van der Waals surface area contributed by atoms with Gasteiger partial charge in [-0.1, -0.05) is 24.1 Å². The first kappa shape index (κ1) is 11.3. The van der Waals surface area contributed by atoms with Gasteiger partial charge < -0.3 is 0 Å². The molecule has 2 nitrogen and oxygen atoms in total. The molecule has 2 unspecified atom stereocenters. The molecule has 0 aliphatic heterocycles. The van der Waals surface area contributed by atoms with Crippen molar-refractivity contribution < 1.29 is 8.42 Å². The van der Waals surface area contributed by atoms with Crippen molar-refractivity contribution in [1.29, 1.82) is 0 Å². The summed E-state index contributed by atoms with van der Waals surface area (Å²) in [6.07, 6.45) is 4.56. The molecule has 2 bridgehead atoms. The van der Waals surface area contributed by atoms with Crippen LogP contribution < -0.4 is 0 Å². The Balaban J connectivity index is 1.94. The number of rotatable bonds is 2. The van der Waals surface area contributed by atoms with Crippen LogP contribution >= 0.6 is 0 Å². The van der Waals surface area contributed by atoms with E-state index in [1.165, 1.54) is 6.42 Å². The quantitative estimate of drug-likeness (QED) is 0.808. The number of benzene rings is 1. The van der Waals surface area contributed by atoms with Crippen molar-refractivity contribution in [3.63, 3.8) is 0 Å². The van der Waals surface area contributed by atoms with Crippen molar-refractivity contribution in [2.75, 3.05) is 0 Å². The molecule has 0 heterocycles. The maximum absolute atomic E-state index is 12.5. The van der Waals surface area contributed by atoms with Crippen LogP contribution in [0.25, 0.3) is 0 Å². The van der Waals surface area contributed by atoms with E-state index in [9.17, 15) is 8.42 Å². The Morgan fingerprint density at radius 2 is 1.65 bits per heavy atom. The van der Waals surface area contributed by atoms with Gasteiger partial charge >= 0.3 is 0 Å². The van der Waals surface area contributed by atoms with E-state index in [0.717, 1.165) is 24.8 Å². The zero-order valence-corrected chi connectivity index (χ0v) is 10.9. The van der Waals surface area contributed by atoms with Crippen LogP contribution in [-0.4, -0.2) is 13.7 Å². The van der Waals surface area contributed by atoms with Gasteiger partial charge in [0.1, 0.15) is 0 Å². The van der Waals surface area contributed by atoms with Gasteiger partial charge in [-0.3, -0.25) is 0 Å². The van der Waals surface area contributed by atoms with Gasteiger partial charge in [0.2, 0.25) is 0 Å². The van der Waals surface area contributed by atoms with Gasteiger partial charge in [0.25, 0.3) is 0 Å². The normalized spacial score (nSPS) is 31.9. The first-order valence-electron chi connectivity index (χ1n) is 6.39. The average molecular weight is 250 g/mol. The lowest BCUT2D eigenvalue weighted by molar-refractivity contribution is 0.121. The number of sulfone groups is 1. The molecule has 3 rings (SSSR count). The average Bonchev–Trinajstić information content (AvgIpc) is 2.29. The molecule has 2 aliphatic carbocycles. The summed E-state index contributed by atoms with van der Waals surface area (Å²) < 4.78 is 25.1.